The smallest absolute Gasteiger partial charge is 0.260 e. The second-order valence-corrected chi connectivity index (χ2v) is 7.44. The molecule has 2 N–H and O–H groups in total. The van der Waals surface area contributed by atoms with E-state index < -0.39 is 11.7 Å². The molecule has 1 aliphatic rings. The lowest BCUT2D eigenvalue weighted by Gasteiger charge is -2.23. The summed E-state index contributed by atoms with van der Waals surface area (Å²) in [5.74, 6) is -0.800. The highest BCUT2D eigenvalue weighted by molar-refractivity contribution is 6.31. The molecular weight excluding hydrogens is 441 g/mol. The summed E-state index contributed by atoms with van der Waals surface area (Å²) in [5, 5.41) is 5.86. The average Bonchev–Trinajstić information content (AvgIpc) is 2.78. The molecule has 10 heteroatoms. The number of nitrogens with zero attached hydrogens (tertiary/aromatic N) is 1. The molecule has 0 atom stereocenters. The second-order valence-electron chi connectivity index (χ2n) is 7.01. The monoisotopic (exact) mass is 463 g/mol. The van der Waals surface area contributed by atoms with Crippen LogP contribution in [0, 0.1) is 5.82 Å². The highest BCUT2D eigenvalue weighted by Crippen LogP contribution is 2.23. The zero-order valence-corrected chi connectivity index (χ0v) is 18.0. The summed E-state index contributed by atoms with van der Waals surface area (Å²) < 4.78 is 24.0. The number of hydrogen-bond acceptors (Lipinski definition) is 5. The highest BCUT2D eigenvalue weighted by Gasteiger charge is 2.19. The summed E-state index contributed by atoms with van der Waals surface area (Å²) in [6.45, 7) is 0.366. The van der Waals surface area contributed by atoms with Crippen LogP contribution in [0.25, 0.3) is 0 Å². The molecule has 0 spiro atoms. The van der Waals surface area contributed by atoms with Gasteiger partial charge in [0.05, 0.1) is 18.7 Å². The third-order valence-electron chi connectivity index (χ3n) is 4.62. The van der Waals surface area contributed by atoms with Gasteiger partial charge >= 0.3 is 0 Å². The van der Waals surface area contributed by atoms with Gasteiger partial charge in [0.2, 0.25) is 5.91 Å². The van der Waals surface area contributed by atoms with Gasteiger partial charge in [-0.3, -0.25) is 14.4 Å². The summed E-state index contributed by atoms with van der Waals surface area (Å²) in [4.78, 5) is 38.8. The number of carbonyl (C=O) groups excluding carboxylic acids is 3. The van der Waals surface area contributed by atoms with E-state index in [-0.39, 0.29) is 51.2 Å². The predicted molar refractivity (Wildman–Crippen MR) is 115 cm³/mol. The summed E-state index contributed by atoms with van der Waals surface area (Å²) in [6.07, 6.45) is 0.415. The lowest BCUT2D eigenvalue weighted by atomic mass is 10.2. The van der Waals surface area contributed by atoms with Crippen LogP contribution in [0.1, 0.15) is 16.8 Å². The van der Waals surface area contributed by atoms with Gasteiger partial charge in [-0.05, 0) is 48.9 Å². The lowest BCUT2D eigenvalue weighted by Crippen LogP contribution is -2.44. The molecule has 0 unspecified atom stereocenters. The van der Waals surface area contributed by atoms with Crippen molar-refractivity contribution in [3.8, 4) is 11.5 Å². The molecule has 0 saturated heterocycles. The first-order valence-electron chi connectivity index (χ1n) is 10.1. The van der Waals surface area contributed by atoms with Crippen molar-refractivity contribution in [2.45, 2.75) is 6.42 Å². The van der Waals surface area contributed by atoms with Crippen LogP contribution >= 0.6 is 11.6 Å². The Morgan fingerprint density at radius 2 is 1.91 bits per heavy atom. The highest BCUT2D eigenvalue weighted by atomic mass is 35.5. The Hall–Kier alpha value is -3.33. The van der Waals surface area contributed by atoms with Crippen molar-refractivity contribution in [2.75, 3.05) is 39.4 Å². The van der Waals surface area contributed by atoms with Crippen molar-refractivity contribution < 1.29 is 28.2 Å². The number of hydrogen-bond donors (Lipinski definition) is 2. The Morgan fingerprint density at radius 1 is 1.12 bits per heavy atom. The van der Waals surface area contributed by atoms with Gasteiger partial charge in [-0.2, -0.15) is 0 Å². The summed E-state index contributed by atoms with van der Waals surface area (Å²) in [7, 11) is 0. The van der Waals surface area contributed by atoms with E-state index in [2.05, 4.69) is 10.6 Å². The molecule has 170 valence electrons. The van der Waals surface area contributed by atoms with Gasteiger partial charge < -0.3 is 25.0 Å². The topological polar surface area (TPSA) is 97.0 Å². The van der Waals surface area contributed by atoms with Gasteiger partial charge in [0.15, 0.2) is 6.61 Å². The fraction of sp³-hybridized carbons (Fsp3) is 0.318. The lowest BCUT2D eigenvalue weighted by molar-refractivity contribution is -0.137. The van der Waals surface area contributed by atoms with Crippen LogP contribution in [0.5, 0.6) is 11.5 Å². The number of halogens is 2. The number of rotatable bonds is 3. The van der Waals surface area contributed by atoms with Crippen LogP contribution in [0.4, 0.5) is 4.39 Å². The maximum atomic E-state index is 13.0. The molecular formula is C22H23ClFN3O5. The third-order valence-corrected chi connectivity index (χ3v) is 4.86. The Morgan fingerprint density at radius 3 is 2.69 bits per heavy atom. The molecule has 3 amide bonds. The molecule has 2 aromatic rings. The van der Waals surface area contributed by atoms with Crippen molar-refractivity contribution in [3.63, 3.8) is 0 Å². The van der Waals surface area contributed by atoms with E-state index in [0.717, 1.165) is 0 Å². The van der Waals surface area contributed by atoms with E-state index in [0.29, 0.717) is 28.5 Å². The fourth-order valence-electron chi connectivity index (χ4n) is 3.01. The molecule has 0 fully saturated rings. The molecule has 1 heterocycles. The minimum atomic E-state index is -0.411. The summed E-state index contributed by atoms with van der Waals surface area (Å²) in [6, 6.07) is 10.0. The Bertz CT molecular complexity index is 971. The third kappa shape index (κ3) is 6.84. The molecule has 32 heavy (non-hydrogen) atoms. The SMILES string of the molecule is O=C1CN(C(=O)COc2ccc(F)cc2)CCCNC(=O)c2cc(Cl)ccc2OCCN1. The summed E-state index contributed by atoms with van der Waals surface area (Å²) in [5.41, 5.74) is 0.293. The molecule has 2 aromatic carbocycles. The van der Waals surface area contributed by atoms with Crippen molar-refractivity contribution in [2.24, 2.45) is 0 Å². The van der Waals surface area contributed by atoms with E-state index in [1.165, 1.54) is 35.2 Å². The number of ether oxygens (including phenoxy) is 2. The minimum Gasteiger partial charge on any atom is -0.491 e. The Balaban J connectivity index is 1.63. The first-order chi connectivity index (χ1) is 15.4. The molecule has 0 radical (unpaired) electrons. The number of benzene rings is 2. The summed E-state index contributed by atoms with van der Waals surface area (Å²) >= 11 is 6.00. The van der Waals surface area contributed by atoms with Crippen LogP contribution in [0.15, 0.2) is 42.5 Å². The van der Waals surface area contributed by atoms with E-state index >= 15 is 0 Å². The number of amides is 3. The van der Waals surface area contributed by atoms with Gasteiger partial charge in [-0.25, -0.2) is 4.39 Å². The van der Waals surface area contributed by atoms with Crippen LogP contribution in [0.3, 0.4) is 0 Å². The van der Waals surface area contributed by atoms with Gasteiger partial charge in [-0.1, -0.05) is 11.6 Å². The number of fused-ring (bicyclic) bond motifs is 1. The van der Waals surface area contributed by atoms with Crippen LogP contribution in [0.2, 0.25) is 5.02 Å². The van der Waals surface area contributed by atoms with Gasteiger partial charge in [-0.15, -0.1) is 0 Å². The van der Waals surface area contributed by atoms with E-state index in [1.807, 2.05) is 0 Å². The maximum absolute atomic E-state index is 13.0. The van der Waals surface area contributed by atoms with Crippen LogP contribution in [-0.2, 0) is 9.59 Å². The van der Waals surface area contributed by atoms with Crippen molar-refractivity contribution in [1.82, 2.24) is 15.5 Å². The molecule has 1 aliphatic heterocycles. The van der Waals surface area contributed by atoms with Crippen molar-refractivity contribution in [3.05, 3.63) is 58.9 Å². The van der Waals surface area contributed by atoms with Gasteiger partial charge in [0.1, 0.15) is 23.9 Å². The predicted octanol–water partition coefficient (Wildman–Crippen LogP) is 2.02. The van der Waals surface area contributed by atoms with Gasteiger partial charge in [0, 0.05) is 18.1 Å². The van der Waals surface area contributed by atoms with E-state index in [9.17, 15) is 18.8 Å². The molecule has 0 bridgehead atoms. The molecule has 3 rings (SSSR count). The van der Waals surface area contributed by atoms with Crippen LogP contribution in [-0.4, -0.2) is 62.0 Å². The first-order valence-corrected chi connectivity index (χ1v) is 10.4. The molecule has 0 saturated carbocycles. The zero-order chi connectivity index (χ0) is 22.9. The largest absolute Gasteiger partial charge is 0.491 e. The van der Waals surface area contributed by atoms with Crippen molar-refractivity contribution >= 4 is 29.3 Å². The average molecular weight is 464 g/mol. The first kappa shape index (κ1) is 23.3. The van der Waals surface area contributed by atoms with Gasteiger partial charge in [0.25, 0.3) is 11.8 Å². The molecule has 0 aromatic heterocycles. The van der Waals surface area contributed by atoms with Crippen molar-refractivity contribution in [1.29, 1.82) is 0 Å². The minimum absolute atomic E-state index is 0.134. The Labute approximate surface area is 189 Å². The second kappa shape index (κ2) is 11.3. The zero-order valence-electron chi connectivity index (χ0n) is 17.2. The fourth-order valence-corrected chi connectivity index (χ4v) is 3.18. The number of nitrogens with one attached hydrogen (secondary N) is 2. The van der Waals surface area contributed by atoms with Crippen LogP contribution < -0.4 is 20.1 Å². The molecule has 8 nitrogen and oxygen atoms in total. The maximum Gasteiger partial charge on any atom is 0.260 e. The Kier molecular flexibility index (Phi) is 8.27. The standard InChI is InChI=1S/C22H23ClFN3O5/c23-15-2-7-19-18(12-15)22(30)26-8-1-10-27(13-20(28)25-9-11-31-19)21(29)14-32-17-5-3-16(24)4-6-17/h2-7,12H,1,8-11,13-14H2,(H,25,28)(H,26,30). The quantitative estimate of drug-likeness (QED) is 0.726. The van der Waals surface area contributed by atoms with E-state index in [4.69, 9.17) is 21.1 Å². The number of carbonyl (C=O) groups is 3. The van der Waals surface area contributed by atoms with E-state index in [1.54, 1.807) is 12.1 Å². The normalized spacial score (nSPS) is 15.5. The molecule has 0 aliphatic carbocycles.